The molecule has 1 saturated heterocycles. The second kappa shape index (κ2) is 8.53. The van der Waals surface area contributed by atoms with E-state index in [9.17, 15) is 0 Å². The maximum absolute atomic E-state index is 5.29. The summed E-state index contributed by atoms with van der Waals surface area (Å²) < 4.78 is 5.29. The Morgan fingerprint density at radius 3 is 2.48 bits per heavy atom. The van der Waals surface area contributed by atoms with Gasteiger partial charge in [0.05, 0.1) is 7.11 Å². The van der Waals surface area contributed by atoms with Crippen molar-refractivity contribution in [2.75, 3.05) is 33.8 Å². The number of nitrogens with one attached hydrogen (secondary N) is 1. The second-order valence-corrected chi connectivity index (χ2v) is 6.32. The lowest BCUT2D eigenvalue weighted by Gasteiger charge is -2.31. The number of rotatable bonds is 5. The van der Waals surface area contributed by atoms with Gasteiger partial charge in [0, 0.05) is 6.54 Å². The molecule has 0 aromatic heterocycles. The molecule has 0 aliphatic carbocycles. The van der Waals surface area contributed by atoms with Crippen LogP contribution in [0.25, 0.3) is 10.8 Å². The highest BCUT2D eigenvalue weighted by atomic mass is 35.5. The van der Waals surface area contributed by atoms with Crippen LogP contribution in [0.4, 0.5) is 0 Å². The van der Waals surface area contributed by atoms with E-state index < -0.39 is 0 Å². The molecule has 0 unspecified atom stereocenters. The Balaban J connectivity index is 0.00000192. The molecule has 1 N–H and O–H groups in total. The van der Waals surface area contributed by atoms with Gasteiger partial charge in [-0.05, 0) is 80.0 Å². The van der Waals surface area contributed by atoms with Crippen molar-refractivity contribution >= 4 is 23.2 Å². The Morgan fingerprint density at radius 2 is 1.78 bits per heavy atom. The molecule has 0 spiro atoms. The second-order valence-electron chi connectivity index (χ2n) is 6.32. The van der Waals surface area contributed by atoms with E-state index >= 15 is 0 Å². The van der Waals surface area contributed by atoms with Crippen LogP contribution < -0.4 is 10.1 Å². The predicted octanol–water partition coefficient (Wildman–Crippen LogP) is 3.70. The van der Waals surface area contributed by atoms with Gasteiger partial charge in [0.25, 0.3) is 0 Å². The minimum Gasteiger partial charge on any atom is -0.497 e. The van der Waals surface area contributed by atoms with Gasteiger partial charge in [-0.3, -0.25) is 4.90 Å². The number of likely N-dealkylation sites (tertiary alicyclic amines) is 1. The summed E-state index contributed by atoms with van der Waals surface area (Å²) in [5, 5.41) is 5.84. The van der Waals surface area contributed by atoms with Gasteiger partial charge < -0.3 is 10.1 Å². The molecule has 1 fully saturated rings. The maximum atomic E-state index is 5.29. The summed E-state index contributed by atoms with van der Waals surface area (Å²) in [6.07, 6.45) is 2.62. The average molecular weight is 335 g/mol. The van der Waals surface area contributed by atoms with Crippen LogP contribution in [-0.2, 0) is 6.54 Å². The Kier molecular flexibility index (Phi) is 6.70. The first-order valence-corrected chi connectivity index (χ1v) is 8.22. The van der Waals surface area contributed by atoms with Crippen LogP contribution in [0.15, 0.2) is 36.4 Å². The first kappa shape index (κ1) is 18.1. The molecule has 0 amide bonds. The Hall–Kier alpha value is -1.29. The minimum absolute atomic E-state index is 0. The lowest BCUT2D eigenvalue weighted by Crippen LogP contribution is -2.36. The van der Waals surface area contributed by atoms with Crippen LogP contribution in [-0.4, -0.2) is 38.7 Å². The van der Waals surface area contributed by atoms with Crippen molar-refractivity contribution in [1.82, 2.24) is 10.2 Å². The van der Waals surface area contributed by atoms with Gasteiger partial charge in [0.1, 0.15) is 5.75 Å². The number of piperidine rings is 1. The molecule has 4 heteroatoms. The van der Waals surface area contributed by atoms with Crippen molar-refractivity contribution in [2.45, 2.75) is 19.4 Å². The van der Waals surface area contributed by atoms with Crippen LogP contribution in [0.5, 0.6) is 5.75 Å². The zero-order valence-corrected chi connectivity index (χ0v) is 14.9. The lowest BCUT2D eigenvalue weighted by atomic mass is 9.96. The fourth-order valence-corrected chi connectivity index (χ4v) is 3.39. The third kappa shape index (κ3) is 4.60. The van der Waals surface area contributed by atoms with Gasteiger partial charge in [-0.1, -0.05) is 18.2 Å². The van der Waals surface area contributed by atoms with E-state index in [1.54, 1.807) is 7.11 Å². The van der Waals surface area contributed by atoms with E-state index in [1.807, 2.05) is 6.07 Å². The molecule has 1 heterocycles. The van der Waals surface area contributed by atoms with Crippen LogP contribution in [0.3, 0.4) is 0 Å². The first-order chi connectivity index (χ1) is 10.8. The largest absolute Gasteiger partial charge is 0.497 e. The SMILES string of the molecule is CNCC1CCN(Cc2ccc3cc(OC)ccc3c2)CC1.Cl. The van der Waals surface area contributed by atoms with E-state index in [-0.39, 0.29) is 12.4 Å². The molecule has 0 saturated carbocycles. The van der Waals surface area contributed by atoms with E-state index in [4.69, 9.17) is 4.74 Å². The summed E-state index contributed by atoms with van der Waals surface area (Å²) >= 11 is 0. The number of ether oxygens (including phenoxy) is 1. The molecule has 1 aliphatic heterocycles. The molecule has 23 heavy (non-hydrogen) atoms. The molecule has 0 radical (unpaired) electrons. The summed E-state index contributed by atoms with van der Waals surface area (Å²) in [6.45, 7) is 4.65. The first-order valence-electron chi connectivity index (χ1n) is 8.22. The quantitative estimate of drug-likeness (QED) is 0.902. The highest BCUT2D eigenvalue weighted by Gasteiger charge is 2.18. The minimum atomic E-state index is 0. The third-order valence-corrected chi connectivity index (χ3v) is 4.72. The van der Waals surface area contributed by atoms with Crippen molar-refractivity contribution in [1.29, 1.82) is 0 Å². The Morgan fingerprint density at radius 1 is 1.09 bits per heavy atom. The fraction of sp³-hybridized carbons (Fsp3) is 0.474. The number of nitrogens with zero attached hydrogens (tertiary/aromatic N) is 1. The molecule has 2 aromatic rings. The molecule has 3 nitrogen and oxygen atoms in total. The van der Waals surface area contributed by atoms with E-state index in [0.29, 0.717) is 0 Å². The van der Waals surface area contributed by atoms with Crippen molar-refractivity contribution < 1.29 is 4.74 Å². The van der Waals surface area contributed by atoms with Gasteiger partial charge in [-0.25, -0.2) is 0 Å². The van der Waals surface area contributed by atoms with Gasteiger partial charge in [-0.15, -0.1) is 12.4 Å². The zero-order valence-electron chi connectivity index (χ0n) is 14.0. The number of benzene rings is 2. The van der Waals surface area contributed by atoms with Crippen LogP contribution in [0, 0.1) is 5.92 Å². The zero-order chi connectivity index (χ0) is 15.4. The normalized spacial score (nSPS) is 16.3. The van der Waals surface area contributed by atoms with Crippen molar-refractivity contribution in [2.24, 2.45) is 5.92 Å². The fourth-order valence-electron chi connectivity index (χ4n) is 3.39. The van der Waals surface area contributed by atoms with Crippen LogP contribution in [0.2, 0.25) is 0 Å². The van der Waals surface area contributed by atoms with Gasteiger partial charge in [-0.2, -0.15) is 0 Å². The molecular weight excluding hydrogens is 308 g/mol. The standard InChI is InChI=1S/C19H26N2O.ClH/c1-20-13-15-7-9-21(10-8-15)14-16-3-4-18-12-19(22-2)6-5-17(18)11-16;/h3-6,11-12,15,20H,7-10,13-14H2,1-2H3;1H. The highest BCUT2D eigenvalue weighted by Crippen LogP contribution is 2.23. The van der Waals surface area contributed by atoms with Crippen molar-refractivity contribution in [3.63, 3.8) is 0 Å². The highest BCUT2D eigenvalue weighted by molar-refractivity contribution is 5.85. The number of methoxy groups -OCH3 is 1. The smallest absolute Gasteiger partial charge is 0.119 e. The van der Waals surface area contributed by atoms with Crippen LogP contribution >= 0.6 is 12.4 Å². The monoisotopic (exact) mass is 334 g/mol. The predicted molar refractivity (Wildman–Crippen MR) is 99.7 cm³/mol. The average Bonchev–Trinajstić information content (AvgIpc) is 2.56. The molecule has 0 bridgehead atoms. The Labute approximate surface area is 145 Å². The summed E-state index contributed by atoms with van der Waals surface area (Å²) in [6, 6.07) is 13.1. The molecule has 126 valence electrons. The molecular formula is C19H27ClN2O. The molecule has 2 aromatic carbocycles. The number of hydrogen-bond donors (Lipinski definition) is 1. The van der Waals surface area contributed by atoms with Crippen molar-refractivity contribution in [3.8, 4) is 5.75 Å². The van der Waals surface area contributed by atoms with Gasteiger partial charge in [0.2, 0.25) is 0 Å². The van der Waals surface area contributed by atoms with Crippen molar-refractivity contribution in [3.05, 3.63) is 42.0 Å². The van der Waals surface area contributed by atoms with E-state index in [2.05, 4.69) is 47.6 Å². The summed E-state index contributed by atoms with van der Waals surface area (Å²) in [7, 11) is 3.77. The van der Waals surface area contributed by atoms with E-state index in [1.165, 1.54) is 42.3 Å². The third-order valence-electron chi connectivity index (χ3n) is 4.72. The summed E-state index contributed by atoms with van der Waals surface area (Å²) in [5.41, 5.74) is 1.41. The molecule has 0 atom stereocenters. The molecule has 1 aliphatic rings. The molecule has 3 rings (SSSR count). The summed E-state index contributed by atoms with van der Waals surface area (Å²) in [5.74, 6) is 1.78. The van der Waals surface area contributed by atoms with E-state index in [0.717, 1.165) is 24.8 Å². The van der Waals surface area contributed by atoms with Gasteiger partial charge >= 0.3 is 0 Å². The lowest BCUT2D eigenvalue weighted by molar-refractivity contribution is 0.177. The number of fused-ring (bicyclic) bond motifs is 1. The topological polar surface area (TPSA) is 24.5 Å². The van der Waals surface area contributed by atoms with Gasteiger partial charge in [0.15, 0.2) is 0 Å². The Bertz CT molecular complexity index is 624. The summed E-state index contributed by atoms with van der Waals surface area (Å²) in [4.78, 5) is 2.58. The number of halogens is 1. The maximum Gasteiger partial charge on any atom is 0.119 e. The number of hydrogen-bond acceptors (Lipinski definition) is 3. The van der Waals surface area contributed by atoms with Crippen LogP contribution in [0.1, 0.15) is 18.4 Å².